The van der Waals surface area contributed by atoms with Crippen LogP contribution in [0.25, 0.3) is 5.69 Å². The molecule has 1 fully saturated rings. The number of hydrogen-bond acceptors (Lipinski definition) is 4. The highest BCUT2D eigenvalue weighted by atomic mass is 16.5. The van der Waals surface area contributed by atoms with Gasteiger partial charge in [0.2, 0.25) is 0 Å². The van der Waals surface area contributed by atoms with Crippen molar-refractivity contribution >= 4 is 5.91 Å². The highest BCUT2D eigenvalue weighted by Gasteiger charge is 2.35. The van der Waals surface area contributed by atoms with Crippen LogP contribution in [0.3, 0.4) is 0 Å². The predicted octanol–water partition coefficient (Wildman–Crippen LogP) is 1.75. The number of carbonyl (C=O) groups is 1. The van der Waals surface area contributed by atoms with Gasteiger partial charge in [0.25, 0.3) is 5.91 Å². The lowest BCUT2D eigenvalue weighted by molar-refractivity contribution is 0.0612. The molecule has 1 aromatic carbocycles. The monoisotopic (exact) mass is 315 g/mol. The van der Waals surface area contributed by atoms with E-state index in [0.717, 1.165) is 12.1 Å². The molecule has 6 heteroatoms. The van der Waals surface area contributed by atoms with Gasteiger partial charge in [0, 0.05) is 44.4 Å². The predicted molar refractivity (Wildman–Crippen MR) is 85.7 cm³/mol. The van der Waals surface area contributed by atoms with Gasteiger partial charge in [-0.3, -0.25) is 4.79 Å². The topological polar surface area (TPSA) is 56.6 Å². The van der Waals surface area contributed by atoms with Crippen LogP contribution < -0.4 is 0 Å². The summed E-state index contributed by atoms with van der Waals surface area (Å²) in [5.74, 6) is 0.0174. The van der Waals surface area contributed by atoms with Crippen LogP contribution in [0.5, 0.6) is 0 Å². The zero-order valence-corrected chi connectivity index (χ0v) is 13.4. The van der Waals surface area contributed by atoms with Gasteiger partial charge in [-0.25, -0.2) is 4.98 Å². The lowest BCUT2D eigenvalue weighted by Gasteiger charge is -2.24. The van der Waals surface area contributed by atoms with Crippen LogP contribution in [0.15, 0.2) is 43.0 Å². The van der Waals surface area contributed by atoms with Crippen LogP contribution in [-0.2, 0) is 9.47 Å². The summed E-state index contributed by atoms with van der Waals surface area (Å²) in [6.45, 7) is 1.13. The summed E-state index contributed by atoms with van der Waals surface area (Å²) in [4.78, 5) is 18.7. The van der Waals surface area contributed by atoms with Crippen molar-refractivity contribution in [3.8, 4) is 5.69 Å². The second-order valence-corrected chi connectivity index (χ2v) is 5.68. The van der Waals surface area contributed by atoms with Crippen molar-refractivity contribution in [1.82, 2.24) is 14.5 Å². The van der Waals surface area contributed by atoms with E-state index < -0.39 is 0 Å². The van der Waals surface area contributed by atoms with Gasteiger partial charge in [-0.05, 0) is 30.7 Å². The fourth-order valence-electron chi connectivity index (χ4n) is 3.00. The van der Waals surface area contributed by atoms with E-state index in [4.69, 9.17) is 9.47 Å². The first-order valence-corrected chi connectivity index (χ1v) is 7.64. The Labute approximate surface area is 135 Å². The second kappa shape index (κ2) is 6.93. The first-order chi connectivity index (χ1) is 11.2. The molecule has 1 amide bonds. The first kappa shape index (κ1) is 15.7. The van der Waals surface area contributed by atoms with Crippen LogP contribution >= 0.6 is 0 Å². The number of nitrogens with zero attached hydrogens (tertiary/aromatic N) is 3. The molecule has 0 radical (unpaired) electrons. The van der Waals surface area contributed by atoms with Crippen molar-refractivity contribution in [1.29, 1.82) is 0 Å². The summed E-state index contributed by atoms with van der Waals surface area (Å²) >= 11 is 0. The van der Waals surface area contributed by atoms with Gasteiger partial charge in [-0.1, -0.05) is 0 Å². The van der Waals surface area contributed by atoms with E-state index in [1.54, 1.807) is 26.7 Å². The van der Waals surface area contributed by atoms with Crippen LogP contribution in [0.1, 0.15) is 16.8 Å². The third kappa shape index (κ3) is 3.28. The van der Waals surface area contributed by atoms with Crippen LogP contribution in [-0.4, -0.2) is 59.9 Å². The minimum atomic E-state index is 0.0174. The minimum absolute atomic E-state index is 0.0174. The number of methoxy groups -OCH3 is 2. The van der Waals surface area contributed by atoms with Gasteiger partial charge in [-0.15, -0.1) is 0 Å². The molecule has 0 unspecified atom stereocenters. The number of carbonyl (C=O) groups excluding carboxylic acids is 1. The fourth-order valence-corrected chi connectivity index (χ4v) is 3.00. The van der Waals surface area contributed by atoms with Gasteiger partial charge in [-0.2, -0.15) is 0 Å². The van der Waals surface area contributed by atoms with E-state index in [-0.39, 0.29) is 18.1 Å². The van der Waals surface area contributed by atoms with Crippen molar-refractivity contribution < 1.29 is 14.3 Å². The summed E-state index contributed by atoms with van der Waals surface area (Å²) in [6, 6.07) is 7.60. The zero-order valence-electron chi connectivity index (χ0n) is 13.4. The quantitative estimate of drug-likeness (QED) is 0.843. The molecular weight excluding hydrogens is 294 g/mol. The molecule has 1 aromatic heterocycles. The third-order valence-electron chi connectivity index (χ3n) is 4.25. The summed E-state index contributed by atoms with van der Waals surface area (Å²) in [7, 11) is 3.34. The lowest BCUT2D eigenvalue weighted by atomic mass is 10.1. The van der Waals surface area contributed by atoms with E-state index in [1.807, 2.05) is 39.9 Å². The summed E-state index contributed by atoms with van der Waals surface area (Å²) in [5, 5.41) is 0. The smallest absolute Gasteiger partial charge is 0.254 e. The molecule has 3 rings (SSSR count). The number of likely N-dealkylation sites (tertiary alicyclic amines) is 1. The van der Waals surface area contributed by atoms with Gasteiger partial charge < -0.3 is 18.9 Å². The molecule has 6 nitrogen and oxygen atoms in total. The number of amides is 1. The molecule has 23 heavy (non-hydrogen) atoms. The number of aromatic nitrogens is 2. The molecular formula is C17H21N3O3. The minimum Gasteiger partial charge on any atom is -0.383 e. The Morgan fingerprint density at radius 1 is 1.30 bits per heavy atom. The molecule has 0 saturated carbocycles. The second-order valence-electron chi connectivity index (χ2n) is 5.68. The van der Waals surface area contributed by atoms with Crippen molar-refractivity contribution in [2.24, 2.45) is 0 Å². The van der Waals surface area contributed by atoms with Crippen molar-refractivity contribution in [3.63, 3.8) is 0 Å². The largest absolute Gasteiger partial charge is 0.383 e. The maximum Gasteiger partial charge on any atom is 0.254 e. The van der Waals surface area contributed by atoms with Crippen LogP contribution in [0.2, 0.25) is 0 Å². The average Bonchev–Trinajstić information content (AvgIpc) is 3.24. The third-order valence-corrected chi connectivity index (χ3v) is 4.25. The van der Waals surface area contributed by atoms with Crippen molar-refractivity contribution in [3.05, 3.63) is 48.5 Å². The van der Waals surface area contributed by atoms with E-state index in [0.29, 0.717) is 18.7 Å². The van der Waals surface area contributed by atoms with E-state index in [9.17, 15) is 4.79 Å². The van der Waals surface area contributed by atoms with E-state index in [1.165, 1.54) is 0 Å². The number of ether oxygens (including phenoxy) is 2. The van der Waals surface area contributed by atoms with Gasteiger partial charge in [0.15, 0.2) is 0 Å². The molecule has 1 saturated heterocycles. The molecule has 0 N–H and O–H groups in total. The summed E-state index contributed by atoms with van der Waals surface area (Å²) in [5.41, 5.74) is 1.65. The molecule has 2 heterocycles. The van der Waals surface area contributed by atoms with Crippen LogP contribution in [0, 0.1) is 0 Å². The Morgan fingerprint density at radius 2 is 2.09 bits per heavy atom. The maximum atomic E-state index is 12.8. The highest BCUT2D eigenvalue weighted by Crippen LogP contribution is 2.23. The Morgan fingerprint density at radius 3 is 2.70 bits per heavy atom. The number of hydrogen-bond donors (Lipinski definition) is 0. The molecule has 1 aliphatic rings. The molecule has 0 aliphatic carbocycles. The maximum absolute atomic E-state index is 12.8. The Kier molecular flexibility index (Phi) is 4.73. The Bertz CT molecular complexity index is 640. The molecule has 0 bridgehead atoms. The van der Waals surface area contributed by atoms with Crippen molar-refractivity contribution in [2.45, 2.75) is 18.6 Å². The highest BCUT2D eigenvalue weighted by molar-refractivity contribution is 5.94. The number of benzene rings is 1. The SMILES string of the molecule is COC[C@@H]1C[C@@H](OC)CN1C(=O)c1ccc(-n2ccnc2)cc1. The number of rotatable bonds is 5. The molecule has 2 aromatic rings. The molecule has 1 aliphatic heterocycles. The van der Waals surface area contributed by atoms with Gasteiger partial charge >= 0.3 is 0 Å². The molecule has 0 spiro atoms. The average molecular weight is 315 g/mol. The zero-order chi connectivity index (χ0) is 16.2. The fraction of sp³-hybridized carbons (Fsp3) is 0.412. The first-order valence-electron chi connectivity index (χ1n) is 7.64. The van der Waals surface area contributed by atoms with Crippen molar-refractivity contribution in [2.75, 3.05) is 27.4 Å². The Balaban J connectivity index is 1.76. The molecule has 122 valence electrons. The van der Waals surface area contributed by atoms with E-state index in [2.05, 4.69) is 4.98 Å². The molecule has 2 atom stereocenters. The van der Waals surface area contributed by atoms with Gasteiger partial charge in [0.1, 0.15) is 0 Å². The number of imidazole rings is 1. The summed E-state index contributed by atoms with van der Waals surface area (Å²) < 4.78 is 12.6. The van der Waals surface area contributed by atoms with Crippen LogP contribution in [0.4, 0.5) is 0 Å². The summed E-state index contributed by atoms with van der Waals surface area (Å²) in [6.07, 6.45) is 6.21. The lowest BCUT2D eigenvalue weighted by Crippen LogP contribution is -2.38. The van der Waals surface area contributed by atoms with E-state index >= 15 is 0 Å². The Hall–Kier alpha value is -2.18. The standard InChI is InChI=1S/C17H21N3O3/c1-22-11-15-9-16(23-2)10-20(15)17(21)13-3-5-14(6-4-13)19-8-7-18-12-19/h3-8,12,15-16H,9-11H2,1-2H3/t15-,16+/m0/s1. The normalized spacial score (nSPS) is 20.9. The van der Waals surface area contributed by atoms with Gasteiger partial charge in [0.05, 0.1) is 25.1 Å².